The summed E-state index contributed by atoms with van der Waals surface area (Å²) in [4.78, 5) is 27.5. The summed E-state index contributed by atoms with van der Waals surface area (Å²) in [5, 5.41) is 11.7. The number of hydrogen-bond acceptors (Lipinski definition) is 5. The Hall–Kier alpha value is -3.16. The molecule has 3 aromatic carbocycles. The smallest absolute Gasteiger partial charge is 0.411 e. The maximum absolute atomic E-state index is 12.4. The molecule has 7 heteroatoms. The van der Waals surface area contributed by atoms with Crippen molar-refractivity contribution in [1.29, 1.82) is 0 Å². The molecule has 33 heavy (non-hydrogen) atoms. The fraction of sp³-hybridized carbons (Fsp3) is 0.154. The van der Waals surface area contributed by atoms with Crippen molar-refractivity contribution in [1.82, 2.24) is 0 Å². The summed E-state index contributed by atoms with van der Waals surface area (Å²) >= 11 is 3.26. The van der Waals surface area contributed by atoms with Gasteiger partial charge in [0.2, 0.25) is 0 Å². The lowest BCUT2D eigenvalue weighted by molar-refractivity contribution is -0.132. The summed E-state index contributed by atoms with van der Waals surface area (Å²) in [6.45, 7) is 3.23. The number of nitrogens with one attached hydrogen (secondary N) is 1. The van der Waals surface area contributed by atoms with Gasteiger partial charge in [-0.05, 0) is 56.3 Å². The van der Waals surface area contributed by atoms with Gasteiger partial charge in [0.15, 0.2) is 0 Å². The lowest BCUT2D eigenvalue weighted by Crippen LogP contribution is -2.20. The van der Waals surface area contributed by atoms with Gasteiger partial charge in [-0.25, -0.2) is 9.59 Å². The first kappa shape index (κ1) is 24.5. The average molecular weight is 480 g/mol. The molecule has 0 saturated carbocycles. The third-order valence-corrected chi connectivity index (χ3v) is 6.60. The fourth-order valence-electron chi connectivity index (χ4n) is 2.81. The van der Waals surface area contributed by atoms with E-state index in [-0.39, 0.29) is 5.57 Å². The molecule has 0 heterocycles. The van der Waals surface area contributed by atoms with Gasteiger partial charge >= 0.3 is 12.1 Å². The molecule has 1 unspecified atom stereocenters. The van der Waals surface area contributed by atoms with E-state index < -0.39 is 18.2 Å². The molecule has 3 aromatic rings. The van der Waals surface area contributed by atoms with E-state index in [9.17, 15) is 9.59 Å². The van der Waals surface area contributed by atoms with Gasteiger partial charge in [-0.15, -0.1) is 0 Å². The molecule has 0 aromatic heterocycles. The van der Waals surface area contributed by atoms with Gasteiger partial charge in [0.25, 0.3) is 0 Å². The third kappa shape index (κ3) is 8.04. The van der Waals surface area contributed by atoms with Crippen LogP contribution in [0.25, 0.3) is 0 Å². The van der Waals surface area contributed by atoms with E-state index in [1.54, 1.807) is 36.5 Å². The van der Waals surface area contributed by atoms with Gasteiger partial charge < -0.3 is 9.84 Å². The molecule has 1 amide bonds. The van der Waals surface area contributed by atoms with E-state index in [0.717, 1.165) is 14.7 Å². The van der Waals surface area contributed by atoms with Gasteiger partial charge in [-0.1, -0.05) is 66.0 Å². The lowest BCUT2D eigenvalue weighted by Gasteiger charge is -2.14. The van der Waals surface area contributed by atoms with E-state index in [1.807, 2.05) is 54.6 Å². The average Bonchev–Trinajstić information content (AvgIpc) is 2.79. The molecule has 1 atom stereocenters. The van der Waals surface area contributed by atoms with Crippen LogP contribution >= 0.6 is 23.5 Å². The normalized spacial score (nSPS) is 12.1. The second kappa shape index (κ2) is 12.2. The van der Waals surface area contributed by atoms with Crippen molar-refractivity contribution in [2.45, 2.75) is 46.0 Å². The van der Waals surface area contributed by atoms with Gasteiger partial charge in [-0.2, -0.15) is 0 Å². The van der Waals surface area contributed by atoms with Crippen LogP contribution in [0.3, 0.4) is 0 Å². The second-order valence-corrected chi connectivity index (χ2v) is 9.52. The number of amides is 1. The zero-order valence-electron chi connectivity index (χ0n) is 18.4. The molecule has 0 radical (unpaired) electrons. The number of rotatable bonds is 9. The molecule has 0 aliphatic heterocycles. The quantitative estimate of drug-likeness (QED) is 0.313. The van der Waals surface area contributed by atoms with Crippen LogP contribution in [0.1, 0.15) is 20.3 Å². The van der Waals surface area contributed by atoms with Gasteiger partial charge in [0.05, 0.1) is 5.69 Å². The highest BCUT2D eigenvalue weighted by molar-refractivity contribution is 8.00. The van der Waals surface area contributed by atoms with Crippen LogP contribution in [0.15, 0.2) is 110 Å². The van der Waals surface area contributed by atoms with Crippen LogP contribution in [0.5, 0.6) is 0 Å². The van der Waals surface area contributed by atoms with E-state index in [1.165, 1.54) is 11.8 Å². The van der Waals surface area contributed by atoms with Crippen molar-refractivity contribution in [2.24, 2.45) is 0 Å². The number of ether oxygens (including phenoxy) is 1. The number of carbonyl (C=O) groups excluding carboxylic acids is 1. The Balaban J connectivity index is 1.63. The van der Waals surface area contributed by atoms with Crippen molar-refractivity contribution in [3.05, 3.63) is 90.5 Å². The van der Waals surface area contributed by atoms with Crippen LogP contribution < -0.4 is 5.32 Å². The molecule has 0 fully saturated rings. The standard InChI is InChI=1S/C26H25NO4S2/c1-18(25(28)29)15-16-19(2)31-26(30)27-23-13-6-7-14-24(23)33-22-12-8-11-21(17-22)32-20-9-4-3-5-10-20/h3-15,17,19H,16H2,1-2H3,(H,27,30)(H,28,29)/b18-15+. The summed E-state index contributed by atoms with van der Waals surface area (Å²) in [6.07, 6.45) is 0.842. The number of carboxylic acids is 1. The Labute approximate surface area is 202 Å². The SMILES string of the molecule is C/C(=C\CC(C)OC(=O)Nc1ccccc1Sc1cccc(Sc2ccccc2)c1)C(=O)O. The molecular formula is C26H25NO4S2. The minimum atomic E-state index is -0.983. The predicted octanol–water partition coefficient (Wildman–Crippen LogP) is 7.35. The minimum absolute atomic E-state index is 0.222. The maximum Gasteiger partial charge on any atom is 0.411 e. The van der Waals surface area contributed by atoms with Crippen molar-refractivity contribution in [3.8, 4) is 0 Å². The third-order valence-electron chi connectivity index (χ3n) is 4.54. The van der Waals surface area contributed by atoms with Crippen molar-refractivity contribution in [3.63, 3.8) is 0 Å². The maximum atomic E-state index is 12.4. The van der Waals surface area contributed by atoms with Crippen molar-refractivity contribution >= 4 is 41.3 Å². The highest BCUT2D eigenvalue weighted by Crippen LogP contribution is 2.36. The zero-order chi connectivity index (χ0) is 23.6. The number of aliphatic carboxylic acids is 1. The first-order valence-electron chi connectivity index (χ1n) is 10.4. The molecule has 0 aliphatic carbocycles. The van der Waals surface area contributed by atoms with Crippen LogP contribution in [0.2, 0.25) is 0 Å². The molecule has 0 aliphatic rings. The molecule has 0 bridgehead atoms. The molecule has 3 rings (SSSR count). The largest absolute Gasteiger partial charge is 0.478 e. The Morgan fingerprint density at radius 3 is 2.30 bits per heavy atom. The van der Waals surface area contributed by atoms with Crippen LogP contribution in [-0.2, 0) is 9.53 Å². The predicted molar refractivity (Wildman–Crippen MR) is 133 cm³/mol. The number of carbonyl (C=O) groups is 2. The summed E-state index contributed by atoms with van der Waals surface area (Å²) in [7, 11) is 0. The molecule has 0 saturated heterocycles. The van der Waals surface area contributed by atoms with E-state index in [0.29, 0.717) is 12.1 Å². The minimum Gasteiger partial charge on any atom is -0.478 e. The number of anilines is 1. The second-order valence-electron chi connectivity index (χ2n) is 7.26. The first-order chi connectivity index (χ1) is 15.9. The molecule has 170 valence electrons. The Morgan fingerprint density at radius 1 is 0.939 bits per heavy atom. The van der Waals surface area contributed by atoms with Crippen LogP contribution in [0.4, 0.5) is 10.5 Å². The molecular weight excluding hydrogens is 454 g/mol. The molecule has 2 N–H and O–H groups in total. The van der Waals surface area contributed by atoms with Crippen LogP contribution in [-0.4, -0.2) is 23.3 Å². The van der Waals surface area contributed by atoms with Crippen molar-refractivity contribution < 1.29 is 19.4 Å². The summed E-state index contributed by atoms with van der Waals surface area (Å²) in [5.41, 5.74) is 0.873. The zero-order valence-corrected chi connectivity index (χ0v) is 20.0. The molecule has 5 nitrogen and oxygen atoms in total. The summed E-state index contributed by atoms with van der Waals surface area (Å²) in [6, 6.07) is 26.0. The Morgan fingerprint density at radius 2 is 1.58 bits per heavy atom. The van der Waals surface area contributed by atoms with Gasteiger partial charge in [0.1, 0.15) is 6.10 Å². The van der Waals surface area contributed by atoms with Crippen LogP contribution in [0, 0.1) is 0 Å². The topological polar surface area (TPSA) is 75.6 Å². The highest BCUT2D eigenvalue weighted by atomic mass is 32.2. The van der Waals surface area contributed by atoms with E-state index >= 15 is 0 Å². The van der Waals surface area contributed by atoms with E-state index in [2.05, 4.69) is 29.6 Å². The Bertz CT molecular complexity index is 1130. The lowest BCUT2D eigenvalue weighted by atomic mass is 10.2. The highest BCUT2D eigenvalue weighted by Gasteiger charge is 2.13. The summed E-state index contributed by atoms with van der Waals surface area (Å²) < 4.78 is 5.37. The monoisotopic (exact) mass is 479 g/mol. The molecule has 0 spiro atoms. The first-order valence-corrected chi connectivity index (χ1v) is 12.0. The van der Waals surface area contributed by atoms with Gasteiger partial charge in [0, 0.05) is 31.6 Å². The fourth-order valence-corrected chi connectivity index (χ4v) is 4.75. The number of para-hydroxylation sites is 1. The van der Waals surface area contributed by atoms with Crippen molar-refractivity contribution in [2.75, 3.05) is 5.32 Å². The number of carboxylic acid groups (broad SMARTS) is 1. The Kier molecular flexibility index (Phi) is 9.04. The summed E-state index contributed by atoms with van der Waals surface area (Å²) in [5.74, 6) is -0.983. The number of benzene rings is 3. The van der Waals surface area contributed by atoms with Gasteiger partial charge in [-0.3, -0.25) is 5.32 Å². The number of hydrogen-bond donors (Lipinski definition) is 2. The van der Waals surface area contributed by atoms with E-state index in [4.69, 9.17) is 9.84 Å².